The number of amides is 1. The molecular formula is C23H28F2N6O2S. The van der Waals surface area contributed by atoms with Crippen LogP contribution in [0.2, 0.25) is 0 Å². The lowest BCUT2D eigenvalue weighted by atomic mass is 10.1. The highest BCUT2D eigenvalue weighted by Gasteiger charge is 2.25. The molecule has 34 heavy (non-hydrogen) atoms. The van der Waals surface area contributed by atoms with E-state index < -0.39 is 11.6 Å². The summed E-state index contributed by atoms with van der Waals surface area (Å²) in [5.41, 5.74) is 13.5. The number of benzene rings is 2. The second-order valence-corrected chi connectivity index (χ2v) is 8.11. The van der Waals surface area contributed by atoms with E-state index >= 15 is 0 Å². The van der Waals surface area contributed by atoms with E-state index in [1.54, 1.807) is 15.9 Å². The molecule has 0 aromatic heterocycles. The average Bonchev–Trinajstić information content (AvgIpc) is 2.82. The highest BCUT2D eigenvalue weighted by molar-refractivity contribution is 7.80. The molecule has 8 nitrogen and oxygen atoms in total. The van der Waals surface area contributed by atoms with Crippen LogP contribution in [-0.4, -0.2) is 55.8 Å². The Bertz CT molecular complexity index is 1050. The number of thiocarbonyl (C=S) groups is 1. The van der Waals surface area contributed by atoms with Crippen LogP contribution in [0.25, 0.3) is 0 Å². The van der Waals surface area contributed by atoms with Gasteiger partial charge in [-0.2, -0.15) is 0 Å². The predicted molar refractivity (Wildman–Crippen MR) is 133 cm³/mol. The third-order valence-electron chi connectivity index (χ3n) is 5.41. The highest BCUT2D eigenvalue weighted by Crippen LogP contribution is 2.28. The monoisotopic (exact) mass is 490 g/mol. The number of anilines is 3. The molecule has 2 aromatic carbocycles. The van der Waals surface area contributed by atoms with Crippen LogP contribution in [0.15, 0.2) is 48.3 Å². The molecule has 3 rings (SSSR count). The quantitative estimate of drug-likeness (QED) is 0.346. The summed E-state index contributed by atoms with van der Waals surface area (Å²) in [4.78, 5) is 15.9. The average molecular weight is 491 g/mol. The Morgan fingerprint density at radius 3 is 2.44 bits per heavy atom. The second-order valence-electron chi connectivity index (χ2n) is 7.74. The summed E-state index contributed by atoms with van der Waals surface area (Å²) in [7, 11) is 1.43. The number of para-hydroxylation sites is 1. The molecule has 6 N–H and O–H groups in total. The first kappa shape index (κ1) is 25.0. The van der Waals surface area contributed by atoms with Gasteiger partial charge in [-0.3, -0.25) is 4.79 Å². The van der Waals surface area contributed by atoms with Crippen LogP contribution in [-0.2, 0) is 16.0 Å². The van der Waals surface area contributed by atoms with E-state index in [1.165, 1.54) is 25.4 Å². The molecule has 1 heterocycles. The molecule has 182 valence electrons. The van der Waals surface area contributed by atoms with Gasteiger partial charge in [0.25, 0.3) is 5.17 Å². The van der Waals surface area contributed by atoms with E-state index in [-0.39, 0.29) is 35.4 Å². The molecule has 2 aromatic rings. The molecule has 0 atom stereocenters. The minimum atomic E-state index is -0.704. The standard InChI is InChI=1S/C23H28F2N6O2S/c1-33-23(34)29-14-16(26)13-28-17-11-18(24)22(19(25)12-17)31-8-6-30(7-9-31)21(32)10-15-4-2-3-5-20(15)27/h2-5,11-13,28H,6-10,14,26-27H2,1H3,(H,29,34)/b16-13-. The van der Waals surface area contributed by atoms with Crippen molar-refractivity contribution in [3.05, 3.63) is 65.5 Å². The topological polar surface area (TPSA) is 109 Å². The van der Waals surface area contributed by atoms with Crippen LogP contribution < -0.4 is 27.0 Å². The number of carbonyl (C=O) groups excluding carboxylic acids is 1. The summed E-state index contributed by atoms with van der Waals surface area (Å²) in [5, 5.41) is 5.72. The number of hydrogen-bond donors (Lipinski definition) is 4. The molecule has 1 aliphatic heterocycles. The Kier molecular flexibility index (Phi) is 8.47. The van der Waals surface area contributed by atoms with Crippen molar-refractivity contribution in [1.29, 1.82) is 0 Å². The van der Waals surface area contributed by atoms with Crippen molar-refractivity contribution >= 4 is 40.4 Å². The van der Waals surface area contributed by atoms with Crippen molar-refractivity contribution in [2.75, 3.05) is 55.8 Å². The summed E-state index contributed by atoms with van der Waals surface area (Å²) in [6.45, 7) is 1.56. The van der Waals surface area contributed by atoms with Crippen molar-refractivity contribution in [3.63, 3.8) is 0 Å². The molecule has 1 amide bonds. The van der Waals surface area contributed by atoms with Crippen LogP contribution in [0.1, 0.15) is 5.56 Å². The number of nitrogen functional groups attached to an aromatic ring is 1. The van der Waals surface area contributed by atoms with Crippen LogP contribution >= 0.6 is 12.2 Å². The van der Waals surface area contributed by atoms with Gasteiger partial charge in [-0.25, -0.2) is 8.78 Å². The summed E-state index contributed by atoms with van der Waals surface area (Å²) in [5.74, 6) is -1.47. The lowest BCUT2D eigenvalue weighted by Gasteiger charge is -2.36. The maximum atomic E-state index is 14.8. The number of methoxy groups -OCH3 is 1. The largest absolute Gasteiger partial charge is 0.474 e. The number of piperazine rings is 1. The lowest BCUT2D eigenvalue weighted by molar-refractivity contribution is -0.130. The molecule has 0 bridgehead atoms. The zero-order chi connectivity index (χ0) is 24.7. The molecule has 1 fully saturated rings. The smallest absolute Gasteiger partial charge is 0.256 e. The van der Waals surface area contributed by atoms with Crippen molar-refractivity contribution in [3.8, 4) is 0 Å². The molecule has 1 saturated heterocycles. The van der Waals surface area contributed by atoms with Gasteiger partial charge in [0, 0.05) is 49.5 Å². The Morgan fingerprint density at radius 2 is 1.82 bits per heavy atom. The van der Waals surface area contributed by atoms with Gasteiger partial charge in [0.05, 0.1) is 20.1 Å². The maximum absolute atomic E-state index is 14.8. The maximum Gasteiger partial charge on any atom is 0.256 e. The van der Waals surface area contributed by atoms with Crippen LogP contribution in [0, 0.1) is 11.6 Å². The summed E-state index contributed by atoms with van der Waals surface area (Å²) in [6.07, 6.45) is 1.61. The minimum absolute atomic E-state index is 0.0665. The van der Waals surface area contributed by atoms with E-state index in [4.69, 9.17) is 28.4 Å². The number of nitrogens with one attached hydrogen (secondary N) is 2. The number of nitrogens with zero attached hydrogens (tertiary/aromatic N) is 2. The van der Waals surface area contributed by atoms with Gasteiger partial charge >= 0.3 is 0 Å². The zero-order valence-corrected chi connectivity index (χ0v) is 19.6. The van der Waals surface area contributed by atoms with Crippen molar-refractivity contribution in [1.82, 2.24) is 10.2 Å². The molecule has 0 radical (unpaired) electrons. The van der Waals surface area contributed by atoms with E-state index in [2.05, 4.69) is 10.6 Å². The number of carbonyl (C=O) groups is 1. The normalized spacial score (nSPS) is 14.0. The Morgan fingerprint density at radius 1 is 1.18 bits per heavy atom. The first-order chi connectivity index (χ1) is 16.3. The number of rotatable bonds is 7. The Hall–Kier alpha value is -3.60. The third-order valence-corrected chi connectivity index (χ3v) is 5.72. The number of ether oxygens (including phenoxy) is 1. The Balaban J connectivity index is 1.58. The molecule has 0 spiro atoms. The molecule has 1 aliphatic rings. The van der Waals surface area contributed by atoms with Gasteiger partial charge in [-0.05, 0) is 36.0 Å². The van der Waals surface area contributed by atoms with Gasteiger partial charge < -0.3 is 36.6 Å². The van der Waals surface area contributed by atoms with Gasteiger partial charge in [-0.15, -0.1) is 0 Å². The fourth-order valence-electron chi connectivity index (χ4n) is 3.57. The number of hydrogen-bond acceptors (Lipinski definition) is 7. The van der Waals surface area contributed by atoms with Crippen LogP contribution in [0.5, 0.6) is 0 Å². The molecule has 0 saturated carbocycles. The predicted octanol–water partition coefficient (Wildman–Crippen LogP) is 2.17. The van der Waals surface area contributed by atoms with E-state index in [0.717, 1.165) is 5.56 Å². The van der Waals surface area contributed by atoms with Gasteiger partial charge in [0.1, 0.15) is 5.69 Å². The first-order valence-electron chi connectivity index (χ1n) is 10.7. The third kappa shape index (κ3) is 6.47. The fraction of sp³-hybridized carbons (Fsp3) is 0.304. The molecule has 0 aliphatic carbocycles. The van der Waals surface area contributed by atoms with E-state index in [9.17, 15) is 13.6 Å². The van der Waals surface area contributed by atoms with Gasteiger partial charge in [0.2, 0.25) is 5.91 Å². The lowest BCUT2D eigenvalue weighted by Crippen LogP contribution is -2.49. The second kappa shape index (κ2) is 11.5. The van der Waals surface area contributed by atoms with E-state index in [0.29, 0.717) is 37.6 Å². The summed E-state index contributed by atoms with van der Waals surface area (Å²) < 4.78 is 34.4. The van der Waals surface area contributed by atoms with Gasteiger partial charge in [-0.1, -0.05) is 18.2 Å². The first-order valence-corrected chi connectivity index (χ1v) is 11.1. The van der Waals surface area contributed by atoms with Crippen LogP contribution in [0.3, 0.4) is 0 Å². The molecule has 0 unspecified atom stereocenters. The number of nitrogens with two attached hydrogens (primary N) is 2. The van der Waals surface area contributed by atoms with Crippen molar-refractivity contribution in [2.24, 2.45) is 5.73 Å². The number of halogens is 2. The van der Waals surface area contributed by atoms with Crippen molar-refractivity contribution in [2.45, 2.75) is 6.42 Å². The molecular weight excluding hydrogens is 462 g/mol. The van der Waals surface area contributed by atoms with E-state index in [1.807, 2.05) is 18.2 Å². The summed E-state index contributed by atoms with van der Waals surface area (Å²) >= 11 is 4.85. The fourth-order valence-corrected chi connectivity index (χ4v) is 3.65. The van der Waals surface area contributed by atoms with Gasteiger partial charge in [0.15, 0.2) is 11.6 Å². The zero-order valence-electron chi connectivity index (χ0n) is 18.8. The Labute approximate surface area is 202 Å². The van der Waals surface area contributed by atoms with Crippen LogP contribution in [0.4, 0.5) is 25.8 Å². The van der Waals surface area contributed by atoms with Crippen molar-refractivity contribution < 1.29 is 18.3 Å². The minimum Gasteiger partial charge on any atom is -0.474 e. The SMILES string of the molecule is COC(=S)NC/C(N)=C/Nc1cc(F)c(N2CCN(C(=O)Cc3ccccc3N)CC2)c(F)c1. The molecule has 11 heteroatoms. The highest BCUT2D eigenvalue weighted by atomic mass is 32.1. The summed E-state index contributed by atoms with van der Waals surface area (Å²) in [6, 6.07) is 9.61.